The van der Waals surface area contributed by atoms with E-state index in [-0.39, 0.29) is 100 Å². The summed E-state index contributed by atoms with van der Waals surface area (Å²) in [5.41, 5.74) is 12.4. The average Bonchev–Trinajstić information content (AvgIpc) is 0.776. The van der Waals surface area contributed by atoms with E-state index in [1.54, 1.807) is 19.6 Å². The summed E-state index contributed by atoms with van der Waals surface area (Å²) in [7, 11) is 0. The molecule has 12 bridgehead atoms. The molecule has 4 amide bonds. The van der Waals surface area contributed by atoms with Crippen molar-refractivity contribution in [2.24, 2.45) is 0 Å². The minimum atomic E-state index is -0.412. The van der Waals surface area contributed by atoms with Crippen LogP contribution in [0.2, 0.25) is 0 Å². The van der Waals surface area contributed by atoms with E-state index in [1.165, 1.54) is 0 Å². The maximum absolute atomic E-state index is 14.4. The Labute approximate surface area is 625 Å². The second-order valence-electron chi connectivity index (χ2n) is 34.8. The minimum Gasteiger partial charge on any atom is -0.507 e. The molecule has 7 rings (SSSR count). The molecule has 0 saturated heterocycles. The Morgan fingerprint density at radius 2 is 0.385 bits per heavy atom. The Balaban J connectivity index is 1.74. The third kappa shape index (κ3) is 20.3. The molecule has 0 spiro atoms. The number of benzene rings is 6. The normalized spacial score (nSPS) is 13.2. The molecule has 14 nitrogen and oxygen atoms in total. The lowest BCUT2D eigenvalue weighted by Gasteiger charge is -2.29. The zero-order valence-corrected chi connectivity index (χ0v) is 68.6. The molecule has 6 aromatic carbocycles. The standard InChI is InChI=1S/C90H128N4O10/c1-27-91(28-2)75(95)53-101-81-61-35-57-41-69(85(9,10)11)42-58(79(57)99)36-63-47-73(89(21,22)23)51-67(83(63)103-55-77(97)93(31-5)32-6)40-68-52-74(90(24,25)26)48-64(84(68)104-56-78(98)94(33-7)34-8)38-60-44-70(86(12,13)14)43-59(80(60)100)37-62-46-72(88(18,19)20)50-66(39-65(81)49-71(45-61)87(15,16)17)82(62)102-54-76(96)92(29-3)30-4/h41-52,99-100H,27-40,53-56H2,1-26H3. The van der Waals surface area contributed by atoms with Gasteiger partial charge in [-0.05, 0) is 188 Å². The molecule has 0 fully saturated rings. The van der Waals surface area contributed by atoms with Crippen LogP contribution >= 0.6 is 0 Å². The summed E-state index contributed by atoms with van der Waals surface area (Å²) >= 11 is 0. The van der Waals surface area contributed by atoms with Gasteiger partial charge < -0.3 is 48.8 Å². The van der Waals surface area contributed by atoms with Crippen LogP contribution in [0.4, 0.5) is 0 Å². The van der Waals surface area contributed by atoms with E-state index in [4.69, 9.17) is 18.9 Å². The molecule has 0 heterocycles. The van der Waals surface area contributed by atoms with Crippen molar-refractivity contribution in [1.29, 1.82) is 0 Å². The molecule has 0 aliphatic heterocycles. The number of rotatable bonds is 20. The Hall–Kier alpha value is -8.00. The van der Waals surface area contributed by atoms with Crippen molar-refractivity contribution in [3.8, 4) is 34.5 Å². The zero-order valence-electron chi connectivity index (χ0n) is 68.6. The van der Waals surface area contributed by atoms with Crippen LogP contribution in [0.25, 0.3) is 0 Å². The van der Waals surface area contributed by atoms with E-state index in [0.29, 0.717) is 97.6 Å². The molecular weight excluding hydrogens is 1300 g/mol. The Kier molecular flexibility index (Phi) is 26.9. The van der Waals surface area contributed by atoms with E-state index in [9.17, 15) is 29.4 Å². The number of nitrogens with zero attached hydrogens (tertiary/aromatic N) is 4. The number of fused-ring (bicyclic) bond motifs is 12. The van der Waals surface area contributed by atoms with Crippen LogP contribution in [0, 0.1) is 0 Å². The maximum Gasteiger partial charge on any atom is 0.260 e. The minimum absolute atomic E-state index is 0.0986. The number of likely N-dealkylation sites (N-methyl/N-ethyl adjacent to an activating group) is 4. The first-order chi connectivity index (χ1) is 48.4. The first-order valence-electron chi connectivity index (χ1n) is 38.4. The molecule has 568 valence electrons. The number of ether oxygens (including phenoxy) is 4. The number of phenolic OH excluding ortho intramolecular Hbond substituents is 2. The van der Waals surface area contributed by atoms with Gasteiger partial charge in [-0.25, -0.2) is 0 Å². The van der Waals surface area contributed by atoms with Crippen molar-refractivity contribution in [2.45, 2.75) is 251 Å². The van der Waals surface area contributed by atoms with Gasteiger partial charge in [0.1, 0.15) is 34.5 Å². The second-order valence-corrected chi connectivity index (χ2v) is 34.8. The summed E-state index contributed by atoms with van der Waals surface area (Å²) in [5.74, 6) is 1.59. The number of hydrogen-bond acceptors (Lipinski definition) is 10. The summed E-state index contributed by atoms with van der Waals surface area (Å²) in [6.07, 6.45) is 1.31. The summed E-state index contributed by atoms with van der Waals surface area (Å²) in [4.78, 5) is 64.6. The molecular formula is C90H128N4O10. The zero-order chi connectivity index (χ0) is 77.5. The highest BCUT2D eigenvalue weighted by Crippen LogP contribution is 2.46. The third-order valence-electron chi connectivity index (χ3n) is 20.8. The fraction of sp³-hybridized carbons (Fsp3) is 0.556. The number of carbonyl (C=O) groups is 4. The molecule has 0 atom stereocenters. The van der Waals surface area contributed by atoms with Crippen molar-refractivity contribution in [2.75, 3.05) is 78.8 Å². The average molecular weight is 1430 g/mol. The molecule has 0 unspecified atom stereocenters. The van der Waals surface area contributed by atoms with E-state index in [1.807, 2.05) is 55.4 Å². The van der Waals surface area contributed by atoms with Gasteiger partial charge in [-0.15, -0.1) is 0 Å². The molecule has 1 aliphatic carbocycles. The largest absolute Gasteiger partial charge is 0.507 e. The lowest BCUT2D eigenvalue weighted by molar-refractivity contribution is -0.133. The van der Waals surface area contributed by atoms with Gasteiger partial charge in [0.2, 0.25) is 0 Å². The fourth-order valence-corrected chi connectivity index (χ4v) is 13.9. The third-order valence-corrected chi connectivity index (χ3v) is 20.8. The monoisotopic (exact) mass is 1420 g/mol. The van der Waals surface area contributed by atoms with E-state index >= 15 is 0 Å². The number of hydrogen-bond donors (Lipinski definition) is 2. The van der Waals surface area contributed by atoms with Crippen LogP contribution in [0.5, 0.6) is 34.5 Å². The smallest absolute Gasteiger partial charge is 0.260 e. The van der Waals surface area contributed by atoms with Crippen LogP contribution in [-0.4, -0.2) is 132 Å². The fourth-order valence-electron chi connectivity index (χ4n) is 13.9. The molecule has 2 N–H and O–H groups in total. The van der Waals surface area contributed by atoms with Crippen molar-refractivity contribution in [3.05, 3.63) is 173 Å². The van der Waals surface area contributed by atoms with Gasteiger partial charge in [-0.3, -0.25) is 19.2 Å². The lowest BCUT2D eigenvalue weighted by atomic mass is 9.79. The molecule has 1 aliphatic rings. The highest BCUT2D eigenvalue weighted by molar-refractivity contribution is 5.80. The number of carbonyl (C=O) groups excluding carboxylic acids is 4. The number of aromatic hydroxyl groups is 2. The van der Waals surface area contributed by atoms with Gasteiger partial charge >= 0.3 is 0 Å². The maximum atomic E-state index is 14.4. The van der Waals surface area contributed by atoms with Crippen LogP contribution in [0.15, 0.2) is 72.8 Å². The summed E-state index contributed by atoms with van der Waals surface area (Å²) in [5, 5.41) is 26.9. The molecule has 6 aromatic rings. The van der Waals surface area contributed by atoms with Crippen LogP contribution in [0.3, 0.4) is 0 Å². The van der Waals surface area contributed by atoms with Gasteiger partial charge in [0.05, 0.1) is 0 Å². The molecule has 0 aromatic heterocycles. The Morgan fingerprint density at radius 3 is 0.510 bits per heavy atom. The predicted molar refractivity (Wildman–Crippen MR) is 425 cm³/mol. The predicted octanol–water partition coefficient (Wildman–Crippen LogP) is 17.7. The van der Waals surface area contributed by atoms with Gasteiger partial charge in [0, 0.05) is 90.9 Å². The van der Waals surface area contributed by atoms with Gasteiger partial charge in [0.25, 0.3) is 23.6 Å². The Morgan fingerprint density at radius 1 is 0.260 bits per heavy atom. The highest BCUT2D eigenvalue weighted by atomic mass is 16.5. The van der Waals surface area contributed by atoms with Gasteiger partial charge in [-0.2, -0.15) is 0 Å². The van der Waals surface area contributed by atoms with Crippen LogP contribution in [-0.2, 0) is 90.2 Å². The second kappa shape index (κ2) is 33.6. The summed E-state index contributed by atoms with van der Waals surface area (Å²) in [6, 6.07) is 25.8. The first kappa shape index (κ1) is 83.3. The molecule has 104 heavy (non-hydrogen) atoms. The number of amides is 4. The highest BCUT2D eigenvalue weighted by Gasteiger charge is 2.33. The topological polar surface area (TPSA) is 159 Å². The van der Waals surface area contributed by atoms with E-state index < -0.39 is 32.5 Å². The van der Waals surface area contributed by atoms with Gasteiger partial charge in [-0.1, -0.05) is 197 Å². The quantitative estimate of drug-likeness (QED) is 0.0752. The molecule has 14 heteroatoms. The van der Waals surface area contributed by atoms with E-state index in [0.717, 1.165) is 77.9 Å². The Bertz CT molecular complexity index is 3550. The van der Waals surface area contributed by atoms with Crippen molar-refractivity contribution < 1.29 is 48.3 Å². The van der Waals surface area contributed by atoms with E-state index in [2.05, 4.69) is 197 Å². The van der Waals surface area contributed by atoms with Crippen LogP contribution < -0.4 is 18.9 Å². The summed E-state index contributed by atoms with van der Waals surface area (Å²) in [6.45, 7) is 58.0. The van der Waals surface area contributed by atoms with Crippen molar-refractivity contribution in [3.63, 3.8) is 0 Å². The first-order valence-corrected chi connectivity index (χ1v) is 38.4. The SMILES string of the molecule is CCN(CC)C(=O)COc1c2cc(C(C)(C)C)cc1Cc1cc(C(C)(C)C)cc(c1OCC(=O)N(CC)CC)Cc1cc(C(C)(C)C)cc(c1O)Cc1cc(C(C)(C)C)cc(c1OCC(=O)N(CC)CC)Cc1cc(C(C)(C)C)cc(c1OCC(=O)N(CC)CC)Cc1cc(C(C)(C)C)cc(c1O)C2. The van der Waals surface area contributed by atoms with Gasteiger partial charge in [0.15, 0.2) is 26.4 Å². The van der Waals surface area contributed by atoms with Crippen molar-refractivity contribution >= 4 is 23.6 Å². The lowest BCUT2D eigenvalue weighted by Crippen LogP contribution is -2.34. The van der Waals surface area contributed by atoms with Crippen LogP contribution in [0.1, 0.15) is 280 Å². The molecule has 0 radical (unpaired) electrons. The number of phenols is 2. The summed E-state index contributed by atoms with van der Waals surface area (Å²) < 4.78 is 28.4. The molecule has 0 saturated carbocycles. The van der Waals surface area contributed by atoms with Crippen molar-refractivity contribution in [1.82, 2.24) is 19.6 Å².